The summed E-state index contributed by atoms with van der Waals surface area (Å²) in [4.78, 5) is 4.25. The van der Waals surface area contributed by atoms with E-state index in [4.69, 9.17) is 0 Å². The molecule has 3 heteroatoms. The molecule has 0 radical (unpaired) electrons. The summed E-state index contributed by atoms with van der Waals surface area (Å²) in [6.45, 7) is 8.84. The van der Waals surface area contributed by atoms with E-state index in [1.165, 1.54) is 12.8 Å². The minimum atomic E-state index is 0.661. The lowest BCUT2D eigenvalue weighted by molar-refractivity contribution is 0.397. The molecule has 1 aliphatic carbocycles. The van der Waals surface area contributed by atoms with Gasteiger partial charge in [-0.1, -0.05) is 6.92 Å². The van der Waals surface area contributed by atoms with Crippen molar-refractivity contribution in [2.45, 2.75) is 46.2 Å². The fourth-order valence-corrected chi connectivity index (χ4v) is 2.15. The van der Waals surface area contributed by atoms with Crippen LogP contribution in [-0.2, 0) is 6.54 Å². The average molecular weight is 221 g/mol. The summed E-state index contributed by atoms with van der Waals surface area (Å²) in [5.41, 5.74) is 0. The van der Waals surface area contributed by atoms with Crippen LogP contribution in [0.1, 0.15) is 32.5 Å². The highest BCUT2D eigenvalue weighted by Crippen LogP contribution is 2.32. The Hall–Kier alpha value is -0.830. The van der Waals surface area contributed by atoms with Gasteiger partial charge in [-0.2, -0.15) is 0 Å². The molecule has 0 saturated heterocycles. The normalized spacial score (nSPS) is 19.7. The van der Waals surface area contributed by atoms with Crippen LogP contribution in [-0.4, -0.2) is 22.1 Å². The third-order valence-electron chi connectivity index (χ3n) is 3.55. The first-order chi connectivity index (χ1) is 7.66. The van der Waals surface area contributed by atoms with Crippen LogP contribution in [0.5, 0.6) is 0 Å². The smallest absolute Gasteiger partial charge is 0.105 e. The van der Waals surface area contributed by atoms with Gasteiger partial charge < -0.3 is 9.88 Å². The summed E-state index contributed by atoms with van der Waals surface area (Å²) >= 11 is 0. The van der Waals surface area contributed by atoms with E-state index in [0.717, 1.165) is 24.8 Å². The maximum absolute atomic E-state index is 4.25. The second-order valence-electron chi connectivity index (χ2n) is 5.27. The molecule has 1 aliphatic rings. The van der Waals surface area contributed by atoms with Crippen LogP contribution in [0.25, 0.3) is 0 Å². The molecule has 1 N–H and O–H groups in total. The third-order valence-corrected chi connectivity index (χ3v) is 3.55. The minimum absolute atomic E-state index is 0.661. The Balaban J connectivity index is 1.71. The second kappa shape index (κ2) is 5.00. The Morgan fingerprint density at radius 1 is 1.50 bits per heavy atom. The van der Waals surface area contributed by atoms with Gasteiger partial charge in [-0.15, -0.1) is 0 Å². The zero-order valence-corrected chi connectivity index (χ0v) is 10.6. The molecule has 1 fully saturated rings. The molecular weight excluding hydrogens is 198 g/mol. The number of imidazole rings is 1. The summed E-state index contributed by atoms with van der Waals surface area (Å²) in [7, 11) is 0. The van der Waals surface area contributed by atoms with Crippen molar-refractivity contribution >= 4 is 0 Å². The number of rotatable bonds is 6. The Kier molecular flexibility index (Phi) is 3.64. The molecule has 1 aromatic rings. The molecule has 2 atom stereocenters. The number of nitrogens with one attached hydrogen (secondary N) is 1. The number of nitrogens with zero attached hydrogens (tertiary/aromatic N) is 2. The second-order valence-corrected chi connectivity index (χ2v) is 5.27. The van der Waals surface area contributed by atoms with Gasteiger partial charge in [-0.25, -0.2) is 4.98 Å². The molecule has 16 heavy (non-hydrogen) atoms. The van der Waals surface area contributed by atoms with Crippen LogP contribution in [0.3, 0.4) is 0 Å². The molecule has 0 spiro atoms. The van der Waals surface area contributed by atoms with Gasteiger partial charge in [0.25, 0.3) is 0 Å². The van der Waals surface area contributed by atoms with Crippen molar-refractivity contribution in [3.05, 3.63) is 18.2 Å². The van der Waals surface area contributed by atoms with Crippen LogP contribution < -0.4 is 5.32 Å². The van der Waals surface area contributed by atoms with Gasteiger partial charge in [0, 0.05) is 25.0 Å². The number of hydrogen-bond acceptors (Lipinski definition) is 2. The number of aromatic nitrogens is 2. The first-order valence-corrected chi connectivity index (χ1v) is 6.38. The van der Waals surface area contributed by atoms with Gasteiger partial charge in [0.05, 0.1) is 0 Å². The zero-order chi connectivity index (χ0) is 11.5. The van der Waals surface area contributed by atoms with Crippen molar-refractivity contribution in [1.29, 1.82) is 0 Å². The lowest BCUT2D eigenvalue weighted by Crippen LogP contribution is -2.33. The molecule has 3 nitrogen and oxygen atoms in total. The third kappa shape index (κ3) is 3.08. The topological polar surface area (TPSA) is 29.9 Å². The van der Waals surface area contributed by atoms with Crippen LogP contribution in [0.4, 0.5) is 0 Å². The fourth-order valence-electron chi connectivity index (χ4n) is 2.15. The van der Waals surface area contributed by atoms with Crippen LogP contribution in [0, 0.1) is 18.8 Å². The summed E-state index contributed by atoms with van der Waals surface area (Å²) in [6, 6.07) is 0.700. The first-order valence-electron chi connectivity index (χ1n) is 6.38. The average Bonchev–Trinajstić information content (AvgIpc) is 3.02. The van der Waals surface area contributed by atoms with Gasteiger partial charge in [-0.05, 0) is 45.1 Å². The predicted octanol–water partition coefficient (Wildman–Crippen LogP) is 2.22. The van der Waals surface area contributed by atoms with E-state index < -0.39 is 0 Å². The van der Waals surface area contributed by atoms with Crippen molar-refractivity contribution in [3.8, 4) is 0 Å². The molecular formula is C13H23N3. The molecule has 1 aromatic heterocycles. The van der Waals surface area contributed by atoms with E-state index >= 15 is 0 Å². The summed E-state index contributed by atoms with van der Waals surface area (Å²) in [5, 5.41) is 3.64. The molecule has 1 heterocycles. The number of hydrogen-bond donors (Lipinski definition) is 1. The van der Waals surface area contributed by atoms with Crippen LogP contribution in [0.15, 0.2) is 12.4 Å². The highest BCUT2D eigenvalue weighted by atomic mass is 15.1. The highest BCUT2D eigenvalue weighted by Gasteiger charge is 2.27. The monoisotopic (exact) mass is 221 g/mol. The van der Waals surface area contributed by atoms with E-state index in [2.05, 4.69) is 41.8 Å². The summed E-state index contributed by atoms with van der Waals surface area (Å²) in [6.07, 6.45) is 6.78. The van der Waals surface area contributed by atoms with Crippen molar-refractivity contribution in [1.82, 2.24) is 14.9 Å². The molecule has 1 saturated carbocycles. The van der Waals surface area contributed by atoms with Crippen molar-refractivity contribution in [2.24, 2.45) is 11.8 Å². The predicted molar refractivity (Wildman–Crippen MR) is 66.3 cm³/mol. The fraction of sp³-hybridized carbons (Fsp3) is 0.769. The Morgan fingerprint density at radius 2 is 2.25 bits per heavy atom. The highest BCUT2D eigenvalue weighted by molar-refractivity contribution is 4.89. The van der Waals surface area contributed by atoms with Crippen molar-refractivity contribution in [3.63, 3.8) is 0 Å². The van der Waals surface area contributed by atoms with Gasteiger partial charge >= 0.3 is 0 Å². The lowest BCUT2D eigenvalue weighted by Gasteiger charge is -2.18. The SMILES string of the molecule is Cc1nccn1CC(C)CNC(C)C1CC1. The standard InChI is InChI=1S/C13H23N3/c1-10(8-15-11(2)13-4-5-13)9-16-7-6-14-12(16)3/h6-7,10-11,13,15H,4-5,8-9H2,1-3H3. The molecule has 90 valence electrons. The first kappa shape index (κ1) is 11.6. The lowest BCUT2D eigenvalue weighted by atomic mass is 10.1. The Labute approximate surface area is 98.3 Å². The van der Waals surface area contributed by atoms with Gasteiger partial charge in [0.1, 0.15) is 5.82 Å². The van der Waals surface area contributed by atoms with Gasteiger partial charge in [-0.3, -0.25) is 0 Å². The van der Waals surface area contributed by atoms with Gasteiger partial charge in [0.15, 0.2) is 0 Å². The van der Waals surface area contributed by atoms with Crippen molar-refractivity contribution < 1.29 is 0 Å². The minimum Gasteiger partial charge on any atom is -0.335 e. The maximum atomic E-state index is 4.25. The van der Waals surface area contributed by atoms with E-state index in [1.807, 2.05) is 6.20 Å². The van der Waals surface area contributed by atoms with Crippen LogP contribution >= 0.6 is 0 Å². The Bertz CT molecular complexity index is 328. The quantitative estimate of drug-likeness (QED) is 0.798. The van der Waals surface area contributed by atoms with E-state index in [9.17, 15) is 0 Å². The largest absolute Gasteiger partial charge is 0.335 e. The molecule has 0 bridgehead atoms. The Morgan fingerprint density at radius 3 is 2.81 bits per heavy atom. The van der Waals surface area contributed by atoms with E-state index in [1.54, 1.807) is 0 Å². The van der Waals surface area contributed by atoms with E-state index in [-0.39, 0.29) is 0 Å². The molecule has 2 unspecified atom stereocenters. The van der Waals surface area contributed by atoms with Crippen molar-refractivity contribution in [2.75, 3.05) is 6.54 Å². The summed E-state index contributed by atoms with van der Waals surface area (Å²) in [5.74, 6) is 2.72. The molecule has 0 aromatic carbocycles. The maximum Gasteiger partial charge on any atom is 0.105 e. The molecule has 0 aliphatic heterocycles. The van der Waals surface area contributed by atoms with E-state index in [0.29, 0.717) is 12.0 Å². The molecule has 2 rings (SSSR count). The van der Waals surface area contributed by atoms with Gasteiger partial charge in [0.2, 0.25) is 0 Å². The zero-order valence-electron chi connectivity index (χ0n) is 10.6. The van der Waals surface area contributed by atoms with Crippen LogP contribution in [0.2, 0.25) is 0 Å². The number of aryl methyl sites for hydroxylation is 1. The summed E-state index contributed by atoms with van der Waals surface area (Å²) < 4.78 is 2.23. The molecule has 0 amide bonds.